The monoisotopic (exact) mass is 294 g/mol. The fraction of sp³-hybridized carbons (Fsp3) is 0.400. The van der Waals surface area contributed by atoms with Crippen molar-refractivity contribution in [3.05, 3.63) is 71.8 Å². The van der Waals surface area contributed by atoms with E-state index in [9.17, 15) is 0 Å². The fourth-order valence-corrected chi connectivity index (χ4v) is 3.70. The molecule has 116 valence electrons. The van der Waals surface area contributed by atoms with Gasteiger partial charge in [-0.15, -0.1) is 0 Å². The van der Waals surface area contributed by atoms with E-state index in [2.05, 4.69) is 72.5 Å². The zero-order chi connectivity index (χ0) is 15.4. The molecule has 1 unspecified atom stereocenters. The summed E-state index contributed by atoms with van der Waals surface area (Å²) in [7, 11) is 0. The molecule has 2 N–H and O–H groups in total. The molecule has 2 heteroatoms. The van der Waals surface area contributed by atoms with Crippen LogP contribution in [0.3, 0.4) is 0 Å². The molecule has 0 bridgehead atoms. The molecule has 1 fully saturated rings. The van der Waals surface area contributed by atoms with Crippen LogP contribution in [0.1, 0.15) is 29.9 Å². The summed E-state index contributed by atoms with van der Waals surface area (Å²) in [6, 6.07) is 21.7. The molecule has 2 aromatic carbocycles. The van der Waals surface area contributed by atoms with Gasteiger partial charge in [0.25, 0.3) is 0 Å². The quantitative estimate of drug-likeness (QED) is 0.915. The Balaban J connectivity index is 1.67. The second-order valence-electron chi connectivity index (χ2n) is 6.54. The van der Waals surface area contributed by atoms with Gasteiger partial charge in [0.05, 0.1) is 0 Å². The summed E-state index contributed by atoms with van der Waals surface area (Å²) in [5.41, 5.74) is 8.90. The number of nitrogens with zero attached hydrogens (tertiary/aromatic N) is 1. The van der Waals surface area contributed by atoms with Crippen LogP contribution in [-0.4, -0.2) is 31.1 Å². The molecule has 3 atom stereocenters. The summed E-state index contributed by atoms with van der Waals surface area (Å²) < 4.78 is 0. The summed E-state index contributed by atoms with van der Waals surface area (Å²) in [5, 5.41) is 0. The molecule has 1 aliphatic rings. The lowest BCUT2D eigenvalue weighted by molar-refractivity contribution is 0.308. The van der Waals surface area contributed by atoms with Crippen LogP contribution in [-0.2, 0) is 0 Å². The van der Waals surface area contributed by atoms with E-state index in [0.717, 1.165) is 26.2 Å². The predicted octanol–water partition coefficient (Wildman–Crippen LogP) is 3.46. The van der Waals surface area contributed by atoms with Gasteiger partial charge in [-0.05, 0) is 29.5 Å². The number of likely N-dealkylation sites (tertiary alicyclic amines) is 1. The van der Waals surface area contributed by atoms with Gasteiger partial charge in [-0.25, -0.2) is 0 Å². The first-order valence-electron chi connectivity index (χ1n) is 8.30. The van der Waals surface area contributed by atoms with Crippen molar-refractivity contribution < 1.29 is 0 Å². The molecule has 2 aromatic rings. The first-order chi connectivity index (χ1) is 10.8. The van der Waals surface area contributed by atoms with Crippen molar-refractivity contribution in [3.8, 4) is 0 Å². The van der Waals surface area contributed by atoms with Gasteiger partial charge in [-0.3, -0.25) is 0 Å². The number of hydrogen-bond donors (Lipinski definition) is 1. The molecule has 22 heavy (non-hydrogen) atoms. The first kappa shape index (κ1) is 15.3. The molecule has 0 saturated carbocycles. The maximum absolute atomic E-state index is 6.04. The fourth-order valence-electron chi connectivity index (χ4n) is 3.70. The maximum Gasteiger partial charge on any atom is 0.00543 e. The van der Waals surface area contributed by atoms with Crippen molar-refractivity contribution in [2.45, 2.75) is 18.8 Å². The van der Waals surface area contributed by atoms with Gasteiger partial charge in [0.15, 0.2) is 0 Å². The minimum Gasteiger partial charge on any atom is -0.330 e. The van der Waals surface area contributed by atoms with Crippen molar-refractivity contribution in [2.75, 3.05) is 26.2 Å². The van der Waals surface area contributed by atoms with E-state index in [1.54, 1.807) is 0 Å². The van der Waals surface area contributed by atoms with E-state index < -0.39 is 0 Å². The zero-order valence-corrected chi connectivity index (χ0v) is 13.4. The van der Waals surface area contributed by atoms with Crippen LogP contribution in [0.25, 0.3) is 0 Å². The maximum atomic E-state index is 6.04. The second kappa shape index (κ2) is 7.08. The van der Waals surface area contributed by atoms with Crippen LogP contribution in [0.4, 0.5) is 0 Å². The van der Waals surface area contributed by atoms with Crippen LogP contribution in [0.2, 0.25) is 0 Å². The summed E-state index contributed by atoms with van der Waals surface area (Å²) in [5.74, 6) is 1.72. The molecule has 1 aliphatic heterocycles. The molecule has 2 nitrogen and oxygen atoms in total. The smallest absolute Gasteiger partial charge is 0.00543 e. The van der Waals surface area contributed by atoms with Crippen molar-refractivity contribution in [2.24, 2.45) is 11.7 Å². The molecule has 3 rings (SSSR count). The normalized spacial score (nSPS) is 23.5. The van der Waals surface area contributed by atoms with Gasteiger partial charge >= 0.3 is 0 Å². The van der Waals surface area contributed by atoms with Crippen LogP contribution < -0.4 is 5.73 Å². The average Bonchev–Trinajstić information content (AvgIpc) is 2.99. The van der Waals surface area contributed by atoms with Crippen molar-refractivity contribution in [1.82, 2.24) is 4.90 Å². The minimum absolute atomic E-state index is 0.564. The number of benzene rings is 2. The Kier molecular flexibility index (Phi) is 4.91. The van der Waals surface area contributed by atoms with Gasteiger partial charge in [0.2, 0.25) is 0 Å². The van der Waals surface area contributed by atoms with Crippen LogP contribution in [0.15, 0.2) is 60.7 Å². The number of nitrogens with two attached hydrogens (primary N) is 1. The lowest BCUT2D eigenvalue weighted by Gasteiger charge is -2.21. The largest absolute Gasteiger partial charge is 0.330 e. The summed E-state index contributed by atoms with van der Waals surface area (Å²) in [6.45, 7) is 6.46. The highest BCUT2D eigenvalue weighted by molar-refractivity contribution is 5.23. The second-order valence-corrected chi connectivity index (χ2v) is 6.54. The number of rotatable bonds is 5. The third-order valence-electron chi connectivity index (χ3n) is 4.95. The van der Waals surface area contributed by atoms with Crippen molar-refractivity contribution in [1.29, 1.82) is 0 Å². The van der Waals surface area contributed by atoms with Crippen molar-refractivity contribution >= 4 is 0 Å². The third kappa shape index (κ3) is 3.40. The Labute approximate surface area is 134 Å². The SMILES string of the molecule is CC(CN1C[C@@H](CN)[C@H](c2ccccc2)C1)c1ccccc1. The Morgan fingerprint density at radius 1 is 1.00 bits per heavy atom. The van der Waals surface area contributed by atoms with E-state index in [-0.39, 0.29) is 0 Å². The predicted molar refractivity (Wildman–Crippen MR) is 93.0 cm³/mol. The Morgan fingerprint density at radius 3 is 2.27 bits per heavy atom. The molecule has 0 radical (unpaired) electrons. The standard InChI is InChI=1S/C20H26N2/c1-16(17-8-4-2-5-9-17)13-22-14-19(12-21)20(15-22)18-10-6-3-7-11-18/h2-11,16,19-20H,12-15,21H2,1H3/t16?,19-,20+/m1/s1. The summed E-state index contributed by atoms with van der Waals surface area (Å²) in [4.78, 5) is 2.59. The first-order valence-corrected chi connectivity index (χ1v) is 8.30. The van der Waals surface area contributed by atoms with Gasteiger partial charge in [0, 0.05) is 25.6 Å². The van der Waals surface area contributed by atoms with E-state index in [4.69, 9.17) is 5.73 Å². The minimum atomic E-state index is 0.564. The highest BCUT2D eigenvalue weighted by Crippen LogP contribution is 2.33. The van der Waals surface area contributed by atoms with Gasteiger partial charge in [-0.2, -0.15) is 0 Å². The molecule has 0 spiro atoms. The average molecular weight is 294 g/mol. The molecule has 0 aliphatic carbocycles. The van der Waals surface area contributed by atoms with Crippen LogP contribution in [0.5, 0.6) is 0 Å². The molecule has 0 aromatic heterocycles. The Hall–Kier alpha value is -1.64. The highest BCUT2D eigenvalue weighted by Gasteiger charge is 2.33. The van der Waals surface area contributed by atoms with Gasteiger partial charge < -0.3 is 10.6 Å². The van der Waals surface area contributed by atoms with E-state index in [1.165, 1.54) is 11.1 Å². The highest BCUT2D eigenvalue weighted by atomic mass is 15.2. The molecule has 1 saturated heterocycles. The molecule has 1 heterocycles. The lowest BCUT2D eigenvalue weighted by atomic mass is 9.89. The molecular weight excluding hydrogens is 268 g/mol. The topological polar surface area (TPSA) is 29.3 Å². The Bertz CT molecular complexity index is 567. The van der Waals surface area contributed by atoms with Crippen LogP contribution >= 0.6 is 0 Å². The third-order valence-corrected chi connectivity index (χ3v) is 4.95. The molecule has 0 amide bonds. The van der Waals surface area contributed by atoms with E-state index in [1.807, 2.05) is 0 Å². The lowest BCUT2D eigenvalue weighted by Crippen LogP contribution is -2.27. The van der Waals surface area contributed by atoms with E-state index in [0.29, 0.717) is 17.8 Å². The summed E-state index contributed by atoms with van der Waals surface area (Å²) in [6.07, 6.45) is 0. The molecular formula is C20H26N2. The van der Waals surface area contributed by atoms with Crippen LogP contribution in [0, 0.1) is 5.92 Å². The summed E-state index contributed by atoms with van der Waals surface area (Å²) >= 11 is 0. The van der Waals surface area contributed by atoms with E-state index >= 15 is 0 Å². The van der Waals surface area contributed by atoms with Gasteiger partial charge in [0.1, 0.15) is 0 Å². The van der Waals surface area contributed by atoms with Gasteiger partial charge in [-0.1, -0.05) is 67.6 Å². The van der Waals surface area contributed by atoms with Crippen molar-refractivity contribution in [3.63, 3.8) is 0 Å². The number of hydrogen-bond acceptors (Lipinski definition) is 2. The Morgan fingerprint density at radius 2 is 1.64 bits per heavy atom. The zero-order valence-electron chi connectivity index (χ0n) is 13.4.